The normalized spacial score (nSPS) is 28.7. The molecule has 0 bridgehead atoms. The minimum Gasteiger partial charge on any atom is -0.460 e. The van der Waals surface area contributed by atoms with Crippen molar-refractivity contribution >= 4 is 76.2 Å². The largest absolute Gasteiger partial charge is 0.460 e. The van der Waals surface area contributed by atoms with Crippen LogP contribution in [0.3, 0.4) is 0 Å². The third kappa shape index (κ3) is 25.7. The molecule has 6 aliphatic heterocycles. The van der Waals surface area contributed by atoms with Gasteiger partial charge in [-0.1, -0.05) is 201 Å². The number of piperidine rings is 4. The molecule has 8 rings (SSSR count). The van der Waals surface area contributed by atoms with Crippen LogP contribution in [0.25, 0.3) is 0 Å². The van der Waals surface area contributed by atoms with Gasteiger partial charge in [-0.3, -0.25) is 57.5 Å². The quantitative estimate of drug-likeness (QED) is 0.0504. The zero-order chi connectivity index (χ0) is 80.0. The van der Waals surface area contributed by atoms with Crippen LogP contribution in [0, 0.1) is 85.8 Å². The Labute approximate surface area is 644 Å². The molecule has 604 valence electrons. The molecule has 19 heteroatoms. The van der Waals surface area contributed by atoms with E-state index in [0.717, 1.165) is 109 Å². The fourth-order valence-corrected chi connectivity index (χ4v) is 18.4. The summed E-state index contributed by atoms with van der Waals surface area (Å²) in [6.07, 6.45) is 22.7. The van der Waals surface area contributed by atoms with E-state index in [-0.39, 0.29) is 165 Å². The molecule has 8 aliphatic rings. The highest BCUT2D eigenvalue weighted by atomic mass is 16.6. The van der Waals surface area contributed by atoms with Crippen LogP contribution in [0.4, 0.5) is 0 Å². The molecule has 4 amide bonds. The van der Waals surface area contributed by atoms with Crippen molar-refractivity contribution < 1.29 is 67.1 Å². The number of hydrogen-bond acceptors (Lipinski definition) is 15. The maximum Gasteiger partial charge on any atom is 0.307 e. The number of isocyanates is 1. The van der Waals surface area contributed by atoms with E-state index in [9.17, 15) is 62.3 Å². The summed E-state index contributed by atoms with van der Waals surface area (Å²) in [4.78, 5) is 182. The van der Waals surface area contributed by atoms with Crippen molar-refractivity contribution in [1.82, 2.24) is 19.6 Å². The van der Waals surface area contributed by atoms with Crippen LogP contribution in [-0.2, 0) is 67.1 Å². The molecule has 19 nitrogen and oxygen atoms in total. The number of amides is 4. The Balaban J connectivity index is 0.000000278. The lowest BCUT2D eigenvalue weighted by molar-refractivity contribution is -0.159. The number of carbonyl (C=O) groups excluding carboxylic acids is 13. The average Bonchev–Trinajstić information content (AvgIpc) is 1.53. The van der Waals surface area contributed by atoms with Gasteiger partial charge in [0.15, 0.2) is 23.1 Å². The Bertz CT molecular complexity index is 3190. The van der Waals surface area contributed by atoms with Gasteiger partial charge in [-0.15, -0.1) is 0 Å². The van der Waals surface area contributed by atoms with Gasteiger partial charge in [0.05, 0.1) is 24.5 Å². The van der Waals surface area contributed by atoms with Crippen molar-refractivity contribution in [2.45, 2.75) is 354 Å². The van der Waals surface area contributed by atoms with Crippen LogP contribution in [0.1, 0.15) is 331 Å². The summed E-state index contributed by atoms with van der Waals surface area (Å²) >= 11 is 0. The second-order valence-corrected chi connectivity index (χ2v) is 39.9. The van der Waals surface area contributed by atoms with Crippen molar-refractivity contribution in [3.05, 3.63) is 0 Å². The van der Waals surface area contributed by atoms with Crippen molar-refractivity contribution in [2.75, 3.05) is 39.3 Å². The van der Waals surface area contributed by atoms with E-state index >= 15 is 0 Å². The first-order valence-electron chi connectivity index (χ1n) is 42.0. The molecule has 0 unspecified atom stereocenters. The zero-order valence-electron chi connectivity index (χ0n) is 70.0. The molecule has 0 radical (unpaired) electrons. The first-order chi connectivity index (χ1) is 49.8. The lowest BCUT2D eigenvalue weighted by atomic mass is 9.75. The van der Waals surface area contributed by atoms with E-state index in [1.165, 1.54) is 0 Å². The van der Waals surface area contributed by atoms with Crippen LogP contribution >= 0.6 is 0 Å². The molecular formula is C88H143N5O14. The van der Waals surface area contributed by atoms with Gasteiger partial charge in [-0.25, -0.2) is 9.79 Å². The monoisotopic (exact) mass is 1490 g/mol. The van der Waals surface area contributed by atoms with Crippen LogP contribution < -0.4 is 0 Å². The van der Waals surface area contributed by atoms with E-state index < -0.39 is 52.9 Å². The summed E-state index contributed by atoms with van der Waals surface area (Å²) < 4.78 is 5.56. The number of Topliss-reactive ketones (excluding diaryl/α,β-unsaturated/α-hetero) is 7. The summed E-state index contributed by atoms with van der Waals surface area (Å²) in [5, 5.41) is 0. The molecule has 0 aromatic carbocycles. The van der Waals surface area contributed by atoms with Crippen molar-refractivity contribution in [2.24, 2.45) is 90.7 Å². The van der Waals surface area contributed by atoms with Gasteiger partial charge in [0, 0.05) is 114 Å². The molecule has 2 saturated carbocycles. The highest BCUT2D eigenvalue weighted by Gasteiger charge is 2.70. The van der Waals surface area contributed by atoms with Gasteiger partial charge in [0.25, 0.3) is 0 Å². The molecule has 12 atom stereocenters. The van der Waals surface area contributed by atoms with Crippen LogP contribution in [0.2, 0.25) is 0 Å². The highest BCUT2D eigenvalue weighted by Crippen LogP contribution is 2.66. The fraction of sp³-hybridized carbons (Fsp3) is 0.852. The second-order valence-electron chi connectivity index (χ2n) is 39.9. The van der Waals surface area contributed by atoms with Crippen molar-refractivity contribution in [1.29, 1.82) is 0 Å². The lowest BCUT2D eigenvalue weighted by Gasteiger charge is -2.41. The molecule has 0 aromatic rings. The summed E-state index contributed by atoms with van der Waals surface area (Å²) in [7, 11) is 0. The van der Waals surface area contributed by atoms with Crippen LogP contribution in [-0.4, -0.2) is 159 Å². The van der Waals surface area contributed by atoms with Crippen molar-refractivity contribution in [3.8, 4) is 0 Å². The average molecular weight is 1500 g/mol. The maximum atomic E-state index is 14.5. The number of ether oxygens (including phenoxy) is 1. The van der Waals surface area contributed by atoms with Gasteiger partial charge in [-0.05, 0) is 134 Å². The zero-order valence-corrected chi connectivity index (χ0v) is 70.0. The fourth-order valence-electron chi connectivity index (χ4n) is 18.4. The smallest absolute Gasteiger partial charge is 0.307 e. The number of rotatable bonds is 19. The third-order valence-electron chi connectivity index (χ3n) is 25.8. The van der Waals surface area contributed by atoms with Crippen molar-refractivity contribution in [3.63, 3.8) is 0 Å². The number of aliphatic imine (C=N–C) groups is 1. The first kappa shape index (κ1) is 90.3. The first-order valence-corrected chi connectivity index (χ1v) is 42.0. The molecule has 107 heavy (non-hydrogen) atoms. The maximum absolute atomic E-state index is 14.5. The molecule has 6 saturated heterocycles. The Morgan fingerprint density at radius 1 is 0.514 bits per heavy atom. The molecule has 0 spiro atoms. The standard InChI is InChI=1S/C42H68N2O6.C32H51NO6.C14H24N2O2/c1-9-17-33(46)38(49)28-18-15-13-11-10-12-14-16-19-29(39(50)44-27-32-36(42(32,7)8)37(44)34(47)23-28)22-31(45)24-30(40(2,3)4)26-43-21-20-41(5,6)25-35(43)48;1-7-15-24(34)29(37)21-16-13-11-9-8-10-12-14-17-22(19-26(36)39-31(2,3)4)30(38)33-20-23-27(32(23,5)6)28(33)25(35)18-21;1-13(2,3)11(15-10-17)9-16-7-6-14(4,5)8-12(16)18/h28-30,32,36-37H,9-27H2,1-8H3;21-23,27-28H,7-20H2,1-6H3;11H,6-9H2,1-5H3/t28-,29-,30-,32+,36+,37-;21-,22-,23+,27+,28-;11-/m111/s1. The van der Waals surface area contributed by atoms with Gasteiger partial charge in [-0.2, -0.15) is 0 Å². The predicted octanol–water partition coefficient (Wildman–Crippen LogP) is 16.0. The van der Waals surface area contributed by atoms with E-state index in [2.05, 4.69) is 81.2 Å². The molecule has 2 aliphatic carbocycles. The minimum atomic E-state index is -0.632. The van der Waals surface area contributed by atoms with Crippen LogP contribution in [0.15, 0.2) is 4.99 Å². The summed E-state index contributed by atoms with van der Waals surface area (Å²) in [6, 6.07) is -1.38. The third-order valence-corrected chi connectivity index (χ3v) is 25.8. The minimum absolute atomic E-state index is 0.00126. The molecule has 8 fully saturated rings. The molecule has 6 heterocycles. The topological polar surface area (TPSA) is 256 Å². The lowest BCUT2D eigenvalue weighted by Crippen LogP contribution is -2.49. The Morgan fingerprint density at radius 3 is 1.24 bits per heavy atom. The molecular weight excluding hydrogens is 1350 g/mol. The number of likely N-dealkylation sites (tertiary alicyclic amines) is 2. The van der Waals surface area contributed by atoms with Crippen LogP contribution in [0.5, 0.6) is 0 Å². The van der Waals surface area contributed by atoms with Gasteiger partial charge < -0.3 is 24.3 Å². The summed E-state index contributed by atoms with van der Waals surface area (Å²) in [5.41, 5.74) is -0.980. The second kappa shape index (κ2) is 38.6. The van der Waals surface area contributed by atoms with Gasteiger partial charge in [0.2, 0.25) is 41.3 Å². The highest BCUT2D eigenvalue weighted by molar-refractivity contribution is 6.38. The number of esters is 1. The summed E-state index contributed by atoms with van der Waals surface area (Å²) in [6.45, 7) is 42.3. The Kier molecular flexibility index (Phi) is 32.6. The number of carbonyl (C=O) groups is 12. The molecule has 0 N–H and O–H groups in total. The predicted molar refractivity (Wildman–Crippen MR) is 417 cm³/mol. The Morgan fingerprint density at radius 2 is 0.888 bits per heavy atom. The van der Waals surface area contributed by atoms with E-state index in [1.54, 1.807) is 15.9 Å². The number of hydrogen-bond donors (Lipinski definition) is 0. The number of fused-ring (bicyclic) bond motifs is 6. The SMILES string of the molecule is CC1(C)CCN(C[C@@H](N=C=O)C(C)(C)C)C(=O)C1.CCCC(=O)C(=O)[C@@H]1CCCCCCCCC[C@H](CC(=O)C[C@H](CN2CCC(C)(C)CC2=O)C(C)(C)C)C(=O)N2C[C@H]3[C@@H]([C@H]2C(=O)C1)C3(C)C.CCCC(=O)C(=O)[C@@H]1CCCCCCCCC[C@H](CC(=O)OC(C)(C)C)C(=O)N2C[C@H]3[C@@H]([C@H]2C(=O)C1)C3(C)C. The van der Waals surface area contributed by atoms with E-state index in [0.29, 0.717) is 90.5 Å². The van der Waals surface area contributed by atoms with Gasteiger partial charge in [0.1, 0.15) is 11.4 Å². The van der Waals surface area contributed by atoms with Gasteiger partial charge >= 0.3 is 5.97 Å². The number of ketones is 7. The van der Waals surface area contributed by atoms with E-state index in [1.807, 2.05) is 65.2 Å². The van der Waals surface area contributed by atoms with E-state index in [4.69, 9.17) is 4.74 Å². The molecule has 0 aromatic heterocycles. The summed E-state index contributed by atoms with van der Waals surface area (Å²) in [5.74, 6) is -3.81. The number of nitrogens with zero attached hydrogens (tertiary/aromatic N) is 5. The Hall–Kier alpha value is -5.58.